The van der Waals surface area contributed by atoms with E-state index in [0.29, 0.717) is 6.07 Å². The standard InChI is InChI=1S/C19H15ClF3NO5/c1-3-28-18(25)8-11(2)14-10-13(5-6-16(14)24(26)27)29-17-7-4-12(9-15(17)20)19(21,22)23/h4-7,9-10H,2-3,8H2,1H3. The van der Waals surface area contributed by atoms with E-state index in [4.69, 9.17) is 21.1 Å². The zero-order valence-electron chi connectivity index (χ0n) is 15.1. The number of ether oxygens (including phenoxy) is 2. The normalized spacial score (nSPS) is 11.1. The summed E-state index contributed by atoms with van der Waals surface area (Å²) in [4.78, 5) is 22.3. The SMILES string of the molecule is C=C(CC(=O)OCC)c1cc(Oc2ccc(C(F)(F)F)cc2Cl)ccc1[N+](=O)[O-]. The maximum absolute atomic E-state index is 12.7. The number of benzene rings is 2. The van der Waals surface area contributed by atoms with Crippen molar-refractivity contribution in [2.45, 2.75) is 19.5 Å². The zero-order valence-corrected chi connectivity index (χ0v) is 15.8. The molecule has 0 spiro atoms. The highest BCUT2D eigenvalue weighted by molar-refractivity contribution is 6.32. The van der Waals surface area contributed by atoms with Crippen LogP contribution in [0.5, 0.6) is 11.5 Å². The number of carbonyl (C=O) groups excluding carboxylic acids is 1. The number of rotatable bonds is 7. The molecule has 2 aromatic carbocycles. The molecule has 29 heavy (non-hydrogen) atoms. The minimum Gasteiger partial charge on any atom is -0.466 e. The topological polar surface area (TPSA) is 78.7 Å². The molecule has 10 heteroatoms. The van der Waals surface area contributed by atoms with Gasteiger partial charge in [-0.1, -0.05) is 18.2 Å². The molecule has 2 aromatic rings. The molecule has 0 radical (unpaired) electrons. The van der Waals surface area contributed by atoms with Gasteiger partial charge in [0.1, 0.15) is 11.5 Å². The van der Waals surface area contributed by atoms with Crippen LogP contribution >= 0.6 is 11.6 Å². The second-order valence-electron chi connectivity index (χ2n) is 5.77. The summed E-state index contributed by atoms with van der Waals surface area (Å²) in [7, 11) is 0. The average molecular weight is 430 g/mol. The van der Waals surface area contributed by atoms with Crippen molar-refractivity contribution < 1.29 is 32.4 Å². The molecule has 0 aliphatic carbocycles. The summed E-state index contributed by atoms with van der Waals surface area (Å²) in [5.74, 6) is -0.614. The lowest BCUT2D eigenvalue weighted by atomic mass is 10.0. The summed E-state index contributed by atoms with van der Waals surface area (Å²) >= 11 is 5.86. The highest BCUT2D eigenvalue weighted by Gasteiger charge is 2.31. The number of nitro groups is 1. The first-order valence-corrected chi connectivity index (χ1v) is 8.57. The molecule has 0 saturated heterocycles. The average Bonchev–Trinajstić information content (AvgIpc) is 2.62. The van der Waals surface area contributed by atoms with E-state index in [1.807, 2.05) is 0 Å². The van der Waals surface area contributed by atoms with Gasteiger partial charge >= 0.3 is 12.1 Å². The molecule has 0 fully saturated rings. The molecule has 0 aliphatic rings. The van der Waals surface area contributed by atoms with E-state index < -0.39 is 22.6 Å². The Morgan fingerprint density at radius 1 is 1.24 bits per heavy atom. The number of esters is 1. The number of hydrogen-bond acceptors (Lipinski definition) is 5. The second kappa shape index (κ2) is 8.95. The van der Waals surface area contributed by atoms with Gasteiger partial charge < -0.3 is 9.47 Å². The minimum absolute atomic E-state index is 0.0311. The maximum atomic E-state index is 12.7. The molecule has 0 bridgehead atoms. The van der Waals surface area contributed by atoms with Gasteiger partial charge in [-0.2, -0.15) is 13.2 Å². The number of carbonyl (C=O) groups is 1. The minimum atomic E-state index is -4.56. The van der Waals surface area contributed by atoms with Crippen LogP contribution in [0.25, 0.3) is 5.57 Å². The van der Waals surface area contributed by atoms with E-state index >= 15 is 0 Å². The van der Waals surface area contributed by atoms with E-state index in [2.05, 4.69) is 6.58 Å². The fourth-order valence-corrected chi connectivity index (χ4v) is 2.61. The number of halogens is 4. The second-order valence-corrected chi connectivity index (χ2v) is 6.17. The molecule has 0 saturated carbocycles. The summed E-state index contributed by atoms with van der Waals surface area (Å²) in [5.41, 5.74) is -1.10. The van der Waals surface area contributed by atoms with Crippen LogP contribution in [0.1, 0.15) is 24.5 Å². The van der Waals surface area contributed by atoms with Crippen molar-refractivity contribution in [1.29, 1.82) is 0 Å². The largest absolute Gasteiger partial charge is 0.466 e. The molecule has 6 nitrogen and oxygen atoms in total. The third-order valence-electron chi connectivity index (χ3n) is 3.70. The molecule has 0 atom stereocenters. The van der Waals surface area contributed by atoms with Gasteiger partial charge in [-0.25, -0.2) is 0 Å². The Kier molecular flexibility index (Phi) is 6.86. The Morgan fingerprint density at radius 3 is 2.48 bits per heavy atom. The Balaban J connectivity index is 2.34. The lowest BCUT2D eigenvalue weighted by molar-refractivity contribution is -0.385. The molecule has 0 unspecified atom stereocenters. The number of alkyl halides is 3. The predicted molar refractivity (Wildman–Crippen MR) is 99.9 cm³/mol. The fraction of sp³-hybridized carbons (Fsp3) is 0.211. The van der Waals surface area contributed by atoms with Crippen molar-refractivity contribution in [3.05, 3.63) is 69.2 Å². The molecule has 2 rings (SSSR count). The molecule has 0 N–H and O–H groups in total. The van der Waals surface area contributed by atoms with Crippen LogP contribution in [0.3, 0.4) is 0 Å². The summed E-state index contributed by atoms with van der Waals surface area (Å²) in [6.45, 7) is 5.44. The van der Waals surface area contributed by atoms with Gasteiger partial charge in [0, 0.05) is 6.07 Å². The lowest BCUT2D eigenvalue weighted by Crippen LogP contribution is -2.05. The van der Waals surface area contributed by atoms with Crippen molar-refractivity contribution >= 4 is 28.8 Å². The Hall–Kier alpha value is -3.07. The van der Waals surface area contributed by atoms with E-state index in [0.717, 1.165) is 18.2 Å². The van der Waals surface area contributed by atoms with Gasteiger partial charge in [-0.05, 0) is 42.8 Å². The van der Waals surface area contributed by atoms with Gasteiger partial charge in [-0.15, -0.1) is 0 Å². The van der Waals surface area contributed by atoms with E-state index in [1.54, 1.807) is 6.92 Å². The number of nitrogens with zero attached hydrogens (tertiary/aromatic N) is 1. The monoisotopic (exact) mass is 429 g/mol. The summed E-state index contributed by atoms with van der Waals surface area (Å²) in [6.07, 6.45) is -4.84. The number of nitro benzene ring substituents is 1. The third kappa shape index (κ3) is 5.71. The van der Waals surface area contributed by atoms with Gasteiger partial charge in [0.25, 0.3) is 5.69 Å². The van der Waals surface area contributed by atoms with Crippen LogP contribution in [-0.2, 0) is 15.7 Å². The summed E-state index contributed by atoms with van der Waals surface area (Å²) < 4.78 is 48.5. The van der Waals surface area contributed by atoms with Crippen LogP contribution in [0.2, 0.25) is 5.02 Å². The molecule has 0 aliphatic heterocycles. The van der Waals surface area contributed by atoms with Gasteiger partial charge in [-0.3, -0.25) is 14.9 Å². The molecule has 0 amide bonds. The van der Waals surface area contributed by atoms with Crippen molar-refractivity contribution in [2.24, 2.45) is 0 Å². The van der Waals surface area contributed by atoms with Crippen LogP contribution in [-0.4, -0.2) is 17.5 Å². The molecular formula is C19H15ClF3NO5. The van der Waals surface area contributed by atoms with E-state index in [9.17, 15) is 28.1 Å². The van der Waals surface area contributed by atoms with Crippen LogP contribution in [0.15, 0.2) is 43.0 Å². The Bertz CT molecular complexity index is 959. The zero-order chi connectivity index (χ0) is 21.8. The first-order chi connectivity index (χ1) is 13.5. The van der Waals surface area contributed by atoms with Crippen LogP contribution < -0.4 is 4.74 Å². The van der Waals surface area contributed by atoms with E-state index in [-0.39, 0.29) is 46.4 Å². The van der Waals surface area contributed by atoms with Crippen LogP contribution in [0.4, 0.5) is 18.9 Å². The highest BCUT2D eigenvalue weighted by atomic mass is 35.5. The molecule has 0 aromatic heterocycles. The Labute approximate surface area is 168 Å². The smallest absolute Gasteiger partial charge is 0.416 e. The van der Waals surface area contributed by atoms with Crippen molar-refractivity contribution in [3.63, 3.8) is 0 Å². The fourth-order valence-electron chi connectivity index (χ4n) is 2.39. The lowest BCUT2D eigenvalue weighted by Gasteiger charge is -2.13. The molecule has 0 heterocycles. The number of hydrogen-bond donors (Lipinski definition) is 0. The molecular weight excluding hydrogens is 415 g/mol. The van der Waals surface area contributed by atoms with Crippen molar-refractivity contribution in [2.75, 3.05) is 6.61 Å². The Morgan fingerprint density at radius 2 is 1.93 bits per heavy atom. The first-order valence-electron chi connectivity index (χ1n) is 8.19. The maximum Gasteiger partial charge on any atom is 0.416 e. The van der Waals surface area contributed by atoms with Crippen molar-refractivity contribution in [3.8, 4) is 11.5 Å². The molecule has 154 valence electrons. The third-order valence-corrected chi connectivity index (χ3v) is 3.99. The van der Waals surface area contributed by atoms with Crippen molar-refractivity contribution in [1.82, 2.24) is 0 Å². The quantitative estimate of drug-likeness (QED) is 0.305. The first kappa shape index (κ1) is 22.2. The van der Waals surface area contributed by atoms with E-state index in [1.165, 1.54) is 12.1 Å². The van der Waals surface area contributed by atoms with Gasteiger partial charge in [0.2, 0.25) is 0 Å². The summed E-state index contributed by atoms with van der Waals surface area (Å²) in [5, 5.41) is 11.0. The highest BCUT2D eigenvalue weighted by Crippen LogP contribution is 2.38. The van der Waals surface area contributed by atoms with Gasteiger partial charge in [0.15, 0.2) is 0 Å². The predicted octanol–water partition coefficient (Wildman–Crippen LogP) is 6.03. The summed E-state index contributed by atoms with van der Waals surface area (Å²) in [6, 6.07) is 6.20. The van der Waals surface area contributed by atoms with Crippen LogP contribution in [0, 0.1) is 10.1 Å². The van der Waals surface area contributed by atoms with Gasteiger partial charge in [0.05, 0.1) is 34.1 Å².